The topological polar surface area (TPSA) is 93.2 Å². The Hall–Kier alpha value is -2.55. The molecule has 1 aromatic rings. The van der Waals surface area contributed by atoms with Crippen molar-refractivity contribution in [2.75, 3.05) is 11.6 Å². The number of nitrogens with zero attached hydrogens (tertiary/aromatic N) is 2. The molecule has 2 aliphatic rings. The Morgan fingerprint density at radius 1 is 1.12 bits per heavy atom. The molecule has 0 aromatic heterocycles. The standard InChI is InChI=1S/C17H18N2O6S/c1-17(2,3)24-16(23)18-9-26-8-12(18)15(22)25-19-13(20)10-6-4-5-7-11(10)14(19)21/h4-7,12H,8-9H2,1-3H3/t12-/m1/s1. The molecule has 3 amide bonds. The van der Waals surface area contributed by atoms with Crippen molar-refractivity contribution >= 4 is 35.6 Å². The van der Waals surface area contributed by atoms with Crippen LogP contribution in [0.3, 0.4) is 0 Å². The van der Waals surface area contributed by atoms with Gasteiger partial charge in [0.1, 0.15) is 11.6 Å². The van der Waals surface area contributed by atoms with E-state index < -0.39 is 35.5 Å². The molecular formula is C17H18N2O6S. The number of hydrogen-bond donors (Lipinski definition) is 0. The number of carbonyl (C=O) groups excluding carboxylic acids is 4. The second-order valence-corrected chi connectivity index (χ2v) is 7.83. The second kappa shape index (κ2) is 6.64. The highest BCUT2D eigenvalue weighted by molar-refractivity contribution is 7.99. The smallest absolute Gasteiger partial charge is 0.411 e. The lowest BCUT2D eigenvalue weighted by Crippen LogP contribution is -2.47. The van der Waals surface area contributed by atoms with Crippen LogP contribution in [-0.2, 0) is 14.4 Å². The molecule has 0 unspecified atom stereocenters. The highest BCUT2D eigenvalue weighted by atomic mass is 32.2. The third-order valence-corrected chi connectivity index (χ3v) is 4.73. The Morgan fingerprint density at radius 2 is 1.69 bits per heavy atom. The van der Waals surface area contributed by atoms with Crippen LogP contribution < -0.4 is 0 Å². The van der Waals surface area contributed by atoms with E-state index in [1.165, 1.54) is 28.8 Å². The Balaban J connectivity index is 1.71. The van der Waals surface area contributed by atoms with Gasteiger partial charge in [0.25, 0.3) is 11.8 Å². The molecule has 26 heavy (non-hydrogen) atoms. The van der Waals surface area contributed by atoms with Crippen molar-refractivity contribution in [2.45, 2.75) is 32.4 Å². The number of hydroxylamine groups is 2. The Morgan fingerprint density at radius 3 is 2.23 bits per heavy atom. The molecule has 8 nitrogen and oxygen atoms in total. The number of rotatable bonds is 2. The summed E-state index contributed by atoms with van der Waals surface area (Å²) in [5.74, 6) is -1.70. The van der Waals surface area contributed by atoms with Crippen LogP contribution in [0, 0.1) is 0 Å². The Kier molecular flexibility index (Phi) is 4.66. The van der Waals surface area contributed by atoms with Gasteiger partial charge < -0.3 is 9.57 Å². The minimum absolute atomic E-state index is 0.176. The van der Waals surface area contributed by atoms with E-state index in [-0.39, 0.29) is 17.0 Å². The lowest BCUT2D eigenvalue weighted by molar-refractivity contribution is -0.173. The van der Waals surface area contributed by atoms with E-state index in [1.54, 1.807) is 32.9 Å². The summed E-state index contributed by atoms with van der Waals surface area (Å²) in [6.45, 7) is 5.17. The van der Waals surface area contributed by atoms with Crippen molar-refractivity contribution in [1.29, 1.82) is 0 Å². The largest absolute Gasteiger partial charge is 0.444 e. The SMILES string of the molecule is CC(C)(C)OC(=O)N1CSC[C@@H]1C(=O)ON1C(=O)c2ccccc2C1=O. The van der Waals surface area contributed by atoms with Crippen LogP contribution in [0.15, 0.2) is 24.3 Å². The minimum Gasteiger partial charge on any atom is -0.444 e. The summed E-state index contributed by atoms with van der Waals surface area (Å²) in [5.41, 5.74) is -0.355. The van der Waals surface area contributed by atoms with Crippen LogP contribution in [0.2, 0.25) is 0 Å². The first-order valence-corrected chi connectivity index (χ1v) is 9.11. The van der Waals surface area contributed by atoms with Crippen LogP contribution in [0.5, 0.6) is 0 Å². The molecule has 1 atom stereocenters. The van der Waals surface area contributed by atoms with Gasteiger partial charge in [0.15, 0.2) is 0 Å². The van der Waals surface area contributed by atoms with E-state index in [2.05, 4.69) is 0 Å². The number of carbonyl (C=O) groups is 4. The van der Waals surface area contributed by atoms with Crippen LogP contribution in [0.25, 0.3) is 0 Å². The molecule has 2 heterocycles. The zero-order valence-electron chi connectivity index (χ0n) is 14.6. The lowest BCUT2D eigenvalue weighted by Gasteiger charge is -2.27. The van der Waals surface area contributed by atoms with E-state index in [4.69, 9.17) is 9.57 Å². The molecule has 1 aromatic carbocycles. The zero-order chi connectivity index (χ0) is 19.1. The molecule has 3 rings (SSSR count). The Labute approximate surface area is 154 Å². The Bertz CT molecular complexity index is 753. The summed E-state index contributed by atoms with van der Waals surface area (Å²) in [6.07, 6.45) is -0.646. The van der Waals surface area contributed by atoms with E-state index in [9.17, 15) is 19.2 Å². The van der Waals surface area contributed by atoms with Crippen LogP contribution in [0.1, 0.15) is 41.5 Å². The maximum Gasteiger partial charge on any atom is 0.411 e. The first-order valence-electron chi connectivity index (χ1n) is 7.96. The van der Waals surface area contributed by atoms with Gasteiger partial charge in [0.2, 0.25) is 0 Å². The van der Waals surface area contributed by atoms with E-state index in [1.807, 2.05) is 0 Å². The number of thioether (sulfide) groups is 1. The van der Waals surface area contributed by atoms with Gasteiger partial charge in [-0.3, -0.25) is 14.5 Å². The van der Waals surface area contributed by atoms with E-state index >= 15 is 0 Å². The average molecular weight is 378 g/mol. The number of ether oxygens (including phenoxy) is 1. The summed E-state index contributed by atoms with van der Waals surface area (Å²) in [4.78, 5) is 55.6. The number of benzene rings is 1. The third kappa shape index (κ3) is 3.39. The molecule has 0 saturated carbocycles. The highest BCUT2D eigenvalue weighted by Crippen LogP contribution is 2.27. The summed E-state index contributed by atoms with van der Waals surface area (Å²) in [5, 5.41) is 0.448. The summed E-state index contributed by atoms with van der Waals surface area (Å²) in [6, 6.07) is 5.28. The van der Waals surface area contributed by atoms with Crippen molar-refractivity contribution in [3.8, 4) is 0 Å². The molecule has 0 spiro atoms. The highest BCUT2D eigenvalue weighted by Gasteiger charge is 2.43. The van der Waals surface area contributed by atoms with Crippen LogP contribution in [0.4, 0.5) is 4.79 Å². The van der Waals surface area contributed by atoms with Crippen molar-refractivity contribution in [3.63, 3.8) is 0 Å². The molecule has 1 saturated heterocycles. The summed E-state index contributed by atoms with van der Waals surface area (Å²) in [7, 11) is 0. The van der Waals surface area contributed by atoms with Gasteiger partial charge in [-0.05, 0) is 32.9 Å². The predicted octanol–water partition coefficient (Wildman–Crippen LogP) is 2.05. The van der Waals surface area contributed by atoms with E-state index in [0.717, 1.165) is 0 Å². The fraction of sp³-hybridized carbons (Fsp3) is 0.412. The average Bonchev–Trinajstić information content (AvgIpc) is 3.14. The normalized spacial score (nSPS) is 19.6. The predicted molar refractivity (Wildman–Crippen MR) is 92.2 cm³/mol. The van der Waals surface area contributed by atoms with Gasteiger partial charge in [-0.25, -0.2) is 9.59 Å². The lowest BCUT2D eigenvalue weighted by atomic mass is 10.1. The number of amides is 3. The van der Waals surface area contributed by atoms with Gasteiger partial charge in [-0.15, -0.1) is 11.8 Å². The summed E-state index contributed by atoms with van der Waals surface area (Å²) < 4.78 is 5.28. The first kappa shape index (κ1) is 18.2. The maximum atomic E-state index is 12.5. The van der Waals surface area contributed by atoms with E-state index in [0.29, 0.717) is 10.8 Å². The third-order valence-electron chi connectivity index (χ3n) is 3.72. The minimum atomic E-state index is -0.931. The van der Waals surface area contributed by atoms with Gasteiger partial charge in [0, 0.05) is 5.75 Å². The fourth-order valence-electron chi connectivity index (χ4n) is 2.54. The van der Waals surface area contributed by atoms with Crippen LogP contribution >= 0.6 is 11.8 Å². The van der Waals surface area contributed by atoms with Crippen molar-refractivity contribution in [2.24, 2.45) is 0 Å². The quantitative estimate of drug-likeness (QED) is 0.727. The maximum absolute atomic E-state index is 12.5. The molecule has 0 aliphatic carbocycles. The van der Waals surface area contributed by atoms with Crippen molar-refractivity contribution in [1.82, 2.24) is 9.96 Å². The number of fused-ring (bicyclic) bond motifs is 1. The second-order valence-electron chi connectivity index (χ2n) is 6.83. The number of imide groups is 1. The van der Waals surface area contributed by atoms with Crippen molar-refractivity contribution < 1.29 is 28.8 Å². The van der Waals surface area contributed by atoms with Gasteiger partial charge >= 0.3 is 12.1 Å². The monoisotopic (exact) mass is 378 g/mol. The molecule has 138 valence electrons. The molecule has 0 bridgehead atoms. The number of hydrogen-bond acceptors (Lipinski definition) is 7. The fourth-order valence-corrected chi connectivity index (χ4v) is 3.67. The molecule has 0 N–H and O–H groups in total. The molecule has 9 heteroatoms. The van der Waals surface area contributed by atoms with Crippen LogP contribution in [-0.4, -0.2) is 57.1 Å². The molecule has 1 fully saturated rings. The molecular weight excluding hydrogens is 360 g/mol. The van der Waals surface area contributed by atoms with Gasteiger partial charge in [0.05, 0.1) is 17.0 Å². The first-order chi connectivity index (χ1) is 12.2. The van der Waals surface area contributed by atoms with Gasteiger partial charge in [-0.1, -0.05) is 17.2 Å². The zero-order valence-corrected chi connectivity index (χ0v) is 15.4. The van der Waals surface area contributed by atoms with Crippen molar-refractivity contribution in [3.05, 3.63) is 35.4 Å². The molecule has 2 aliphatic heterocycles. The molecule has 0 radical (unpaired) electrons. The van der Waals surface area contributed by atoms with Gasteiger partial charge in [-0.2, -0.15) is 0 Å². The summed E-state index contributed by atoms with van der Waals surface area (Å²) >= 11 is 1.36.